The number of hydrogen-bond acceptors (Lipinski definition) is 4. The summed E-state index contributed by atoms with van der Waals surface area (Å²) < 4.78 is 13.0. The Morgan fingerprint density at radius 2 is 2.17 bits per heavy atom. The Hall–Kier alpha value is -1.07. The largest absolute Gasteiger partial charge is 0.493 e. The van der Waals surface area contributed by atoms with E-state index in [2.05, 4.69) is 31.2 Å². The van der Waals surface area contributed by atoms with E-state index in [0.29, 0.717) is 12.6 Å². The second kappa shape index (κ2) is 7.38. The number of nitrogens with one attached hydrogen (secondary N) is 1. The Morgan fingerprint density at radius 1 is 1.44 bits per heavy atom. The van der Waals surface area contributed by atoms with E-state index < -0.39 is 0 Å². The highest BCUT2D eigenvalue weighted by Gasteiger charge is 2.22. The quantitative estimate of drug-likeness (QED) is 0.723. The number of ether oxygens (including phenoxy) is 2. The standard InChI is InChI=1S/C13H25N3O2/c1-6-7-18-9-11(14-4)13-12(17-5)8-15-16(13)10(2)3/h8,10-11,14H,6-7,9H2,1-5H3. The minimum atomic E-state index is 0.0939. The van der Waals surface area contributed by atoms with Crippen LogP contribution in [0.5, 0.6) is 5.75 Å². The maximum Gasteiger partial charge on any atom is 0.161 e. The molecule has 1 atom stereocenters. The first-order valence-corrected chi connectivity index (χ1v) is 6.52. The van der Waals surface area contributed by atoms with Crippen molar-refractivity contribution >= 4 is 0 Å². The molecule has 0 radical (unpaired) electrons. The molecule has 0 aliphatic heterocycles. The zero-order valence-corrected chi connectivity index (χ0v) is 12.1. The van der Waals surface area contributed by atoms with Crippen molar-refractivity contribution in [3.63, 3.8) is 0 Å². The van der Waals surface area contributed by atoms with E-state index in [1.165, 1.54) is 0 Å². The van der Waals surface area contributed by atoms with Gasteiger partial charge < -0.3 is 14.8 Å². The Balaban J connectivity index is 2.91. The molecule has 1 unspecified atom stereocenters. The lowest BCUT2D eigenvalue weighted by Gasteiger charge is -2.21. The Bertz CT molecular complexity index is 350. The smallest absolute Gasteiger partial charge is 0.161 e. The lowest BCUT2D eigenvalue weighted by Crippen LogP contribution is -2.26. The molecule has 0 aliphatic rings. The highest BCUT2D eigenvalue weighted by Crippen LogP contribution is 2.27. The van der Waals surface area contributed by atoms with Crippen LogP contribution in [0.1, 0.15) is 45.0 Å². The first-order valence-electron chi connectivity index (χ1n) is 6.52. The predicted octanol–water partition coefficient (Wildman–Crippen LogP) is 2.16. The molecular formula is C13H25N3O2. The Labute approximate surface area is 109 Å². The molecule has 0 saturated heterocycles. The summed E-state index contributed by atoms with van der Waals surface area (Å²) in [6, 6.07) is 0.391. The number of aromatic nitrogens is 2. The topological polar surface area (TPSA) is 48.3 Å². The molecule has 1 heterocycles. The SMILES string of the molecule is CCCOCC(NC)c1c(OC)cnn1C(C)C. The summed E-state index contributed by atoms with van der Waals surface area (Å²) in [5.74, 6) is 0.808. The van der Waals surface area contributed by atoms with Gasteiger partial charge in [-0.25, -0.2) is 0 Å². The second-order valence-electron chi connectivity index (χ2n) is 4.55. The minimum absolute atomic E-state index is 0.0939. The molecular weight excluding hydrogens is 230 g/mol. The summed E-state index contributed by atoms with van der Waals surface area (Å²) in [5.41, 5.74) is 1.05. The van der Waals surface area contributed by atoms with Gasteiger partial charge in [0, 0.05) is 12.6 Å². The van der Waals surface area contributed by atoms with Crippen molar-refractivity contribution in [1.29, 1.82) is 0 Å². The van der Waals surface area contributed by atoms with Gasteiger partial charge in [-0.05, 0) is 27.3 Å². The summed E-state index contributed by atoms with van der Waals surface area (Å²) in [6.45, 7) is 7.72. The van der Waals surface area contributed by atoms with Gasteiger partial charge in [-0.2, -0.15) is 5.10 Å². The maximum atomic E-state index is 5.63. The van der Waals surface area contributed by atoms with Crippen LogP contribution in [-0.2, 0) is 4.74 Å². The fraction of sp³-hybridized carbons (Fsp3) is 0.769. The van der Waals surface area contributed by atoms with Gasteiger partial charge >= 0.3 is 0 Å². The van der Waals surface area contributed by atoms with Crippen LogP contribution in [0, 0.1) is 0 Å². The average molecular weight is 255 g/mol. The van der Waals surface area contributed by atoms with E-state index in [0.717, 1.165) is 24.5 Å². The molecule has 0 saturated carbocycles. The van der Waals surface area contributed by atoms with Crippen LogP contribution in [0.25, 0.3) is 0 Å². The maximum absolute atomic E-state index is 5.63. The van der Waals surface area contributed by atoms with Crippen LogP contribution >= 0.6 is 0 Å². The molecule has 1 aromatic heterocycles. The third kappa shape index (κ3) is 3.46. The fourth-order valence-corrected chi connectivity index (χ4v) is 1.90. The molecule has 0 fully saturated rings. The summed E-state index contributed by atoms with van der Waals surface area (Å²) in [6.07, 6.45) is 2.79. The van der Waals surface area contributed by atoms with Gasteiger partial charge in [0.1, 0.15) is 0 Å². The fourth-order valence-electron chi connectivity index (χ4n) is 1.90. The van der Waals surface area contributed by atoms with Gasteiger partial charge in [-0.3, -0.25) is 4.68 Å². The van der Waals surface area contributed by atoms with E-state index in [4.69, 9.17) is 9.47 Å². The van der Waals surface area contributed by atoms with E-state index in [9.17, 15) is 0 Å². The predicted molar refractivity (Wildman–Crippen MR) is 72.1 cm³/mol. The summed E-state index contributed by atoms with van der Waals surface area (Å²) >= 11 is 0. The molecule has 18 heavy (non-hydrogen) atoms. The molecule has 104 valence electrons. The summed E-state index contributed by atoms with van der Waals surface area (Å²) in [5, 5.41) is 7.65. The number of rotatable bonds is 8. The average Bonchev–Trinajstić information content (AvgIpc) is 2.78. The van der Waals surface area contributed by atoms with Gasteiger partial charge in [0.15, 0.2) is 5.75 Å². The van der Waals surface area contributed by atoms with Crippen LogP contribution in [0.4, 0.5) is 0 Å². The highest BCUT2D eigenvalue weighted by atomic mass is 16.5. The van der Waals surface area contributed by atoms with Gasteiger partial charge in [0.25, 0.3) is 0 Å². The van der Waals surface area contributed by atoms with Gasteiger partial charge in [-0.15, -0.1) is 0 Å². The molecule has 0 amide bonds. The normalized spacial score (nSPS) is 13.0. The number of nitrogens with zero attached hydrogens (tertiary/aromatic N) is 2. The van der Waals surface area contributed by atoms with Crippen LogP contribution in [0.3, 0.4) is 0 Å². The van der Waals surface area contributed by atoms with Crippen molar-refractivity contribution in [1.82, 2.24) is 15.1 Å². The molecule has 0 spiro atoms. The first kappa shape index (κ1) is 15.0. The molecule has 5 heteroatoms. The van der Waals surface area contributed by atoms with Crippen LogP contribution in [0.15, 0.2) is 6.20 Å². The van der Waals surface area contributed by atoms with Crippen LogP contribution in [-0.4, -0.2) is 37.2 Å². The third-order valence-electron chi connectivity index (χ3n) is 2.82. The van der Waals surface area contributed by atoms with Gasteiger partial charge in [-0.1, -0.05) is 6.92 Å². The summed E-state index contributed by atoms with van der Waals surface area (Å²) in [4.78, 5) is 0. The molecule has 1 aromatic rings. The van der Waals surface area contributed by atoms with Gasteiger partial charge in [0.05, 0.1) is 31.6 Å². The van der Waals surface area contributed by atoms with E-state index in [1.54, 1.807) is 13.3 Å². The molecule has 0 aliphatic carbocycles. The zero-order valence-electron chi connectivity index (χ0n) is 12.1. The number of hydrogen-bond donors (Lipinski definition) is 1. The van der Waals surface area contributed by atoms with Crippen molar-refractivity contribution in [2.45, 2.75) is 39.3 Å². The monoisotopic (exact) mass is 255 g/mol. The molecule has 0 bridgehead atoms. The Morgan fingerprint density at radius 3 is 2.67 bits per heavy atom. The second-order valence-corrected chi connectivity index (χ2v) is 4.55. The molecule has 1 rings (SSSR count). The van der Waals surface area contributed by atoms with Crippen LogP contribution < -0.4 is 10.1 Å². The van der Waals surface area contributed by atoms with E-state index in [1.807, 2.05) is 11.7 Å². The van der Waals surface area contributed by atoms with Crippen molar-refractivity contribution in [3.8, 4) is 5.75 Å². The number of likely N-dealkylation sites (N-methyl/N-ethyl adjacent to an activating group) is 1. The zero-order chi connectivity index (χ0) is 13.5. The van der Waals surface area contributed by atoms with Crippen molar-refractivity contribution in [2.24, 2.45) is 0 Å². The van der Waals surface area contributed by atoms with Crippen molar-refractivity contribution < 1.29 is 9.47 Å². The Kier molecular flexibility index (Phi) is 6.15. The minimum Gasteiger partial charge on any atom is -0.493 e. The first-order chi connectivity index (χ1) is 8.65. The molecule has 5 nitrogen and oxygen atoms in total. The van der Waals surface area contributed by atoms with Crippen molar-refractivity contribution in [2.75, 3.05) is 27.4 Å². The molecule has 1 N–H and O–H groups in total. The van der Waals surface area contributed by atoms with Crippen LogP contribution in [0.2, 0.25) is 0 Å². The lowest BCUT2D eigenvalue weighted by atomic mass is 10.2. The number of methoxy groups -OCH3 is 1. The highest BCUT2D eigenvalue weighted by molar-refractivity contribution is 5.28. The van der Waals surface area contributed by atoms with E-state index >= 15 is 0 Å². The lowest BCUT2D eigenvalue weighted by molar-refractivity contribution is 0.110. The molecule has 0 aromatic carbocycles. The summed E-state index contributed by atoms with van der Waals surface area (Å²) in [7, 11) is 3.60. The van der Waals surface area contributed by atoms with E-state index in [-0.39, 0.29) is 6.04 Å². The van der Waals surface area contributed by atoms with Gasteiger partial charge in [0.2, 0.25) is 0 Å². The van der Waals surface area contributed by atoms with Crippen molar-refractivity contribution in [3.05, 3.63) is 11.9 Å². The third-order valence-corrected chi connectivity index (χ3v) is 2.82.